The van der Waals surface area contributed by atoms with E-state index in [2.05, 4.69) is 4.98 Å². The highest BCUT2D eigenvalue weighted by Gasteiger charge is 2.23. The molecular formula is C13H7Cl2F2NO. The summed E-state index contributed by atoms with van der Waals surface area (Å²) < 4.78 is 27.5. The van der Waals surface area contributed by atoms with Crippen LogP contribution < -0.4 is 0 Å². The summed E-state index contributed by atoms with van der Waals surface area (Å²) in [6.07, 6.45) is 1.19. The van der Waals surface area contributed by atoms with Gasteiger partial charge in [0.2, 0.25) is 5.78 Å². The molecule has 1 aromatic heterocycles. The number of hydrogen-bond donors (Lipinski definition) is 0. The van der Waals surface area contributed by atoms with Crippen molar-refractivity contribution in [3.05, 3.63) is 62.9 Å². The maximum atomic E-state index is 13.9. The van der Waals surface area contributed by atoms with Gasteiger partial charge in [-0.1, -0.05) is 29.3 Å². The molecule has 19 heavy (non-hydrogen) atoms. The quantitative estimate of drug-likeness (QED) is 0.778. The molecule has 0 aliphatic rings. The van der Waals surface area contributed by atoms with Crippen LogP contribution in [0.4, 0.5) is 8.78 Å². The predicted octanol–water partition coefficient (Wildman–Crippen LogP) is 4.21. The molecule has 0 spiro atoms. The normalized spacial score (nSPS) is 10.6. The lowest BCUT2D eigenvalue weighted by atomic mass is 10.0. The van der Waals surface area contributed by atoms with Crippen molar-refractivity contribution >= 4 is 29.0 Å². The van der Waals surface area contributed by atoms with Gasteiger partial charge in [0.05, 0.1) is 15.6 Å². The fraction of sp³-hybridized carbons (Fsp3) is 0.0769. The Bertz CT molecular complexity index is 674. The highest BCUT2D eigenvalue weighted by atomic mass is 35.5. The summed E-state index contributed by atoms with van der Waals surface area (Å²) in [5.41, 5.74) is -0.749. The molecule has 0 amide bonds. The Morgan fingerprint density at radius 2 is 1.95 bits per heavy atom. The third-order valence-electron chi connectivity index (χ3n) is 2.53. The van der Waals surface area contributed by atoms with Crippen molar-refractivity contribution in [3.8, 4) is 0 Å². The summed E-state index contributed by atoms with van der Waals surface area (Å²) in [7, 11) is 0. The Labute approximate surface area is 118 Å². The van der Waals surface area contributed by atoms with Gasteiger partial charge in [-0.15, -0.1) is 0 Å². The second kappa shape index (κ2) is 5.23. The van der Waals surface area contributed by atoms with Gasteiger partial charge >= 0.3 is 0 Å². The summed E-state index contributed by atoms with van der Waals surface area (Å²) in [6, 6.07) is 3.56. The number of halogens is 4. The summed E-state index contributed by atoms with van der Waals surface area (Å²) >= 11 is 11.5. The maximum absolute atomic E-state index is 13.9. The fourth-order valence-corrected chi connectivity index (χ4v) is 2.03. The monoisotopic (exact) mass is 301 g/mol. The van der Waals surface area contributed by atoms with Gasteiger partial charge in [-0.2, -0.15) is 0 Å². The predicted molar refractivity (Wildman–Crippen MR) is 68.8 cm³/mol. The molecule has 2 aromatic rings. The highest BCUT2D eigenvalue weighted by Crippen LogP contribution is 2.24. The number of carbonyl (C=O) groups excluding carboxylic acids is 1. The maximum Gasteiger partial charge on any atom is 0.218 e. The molecule has 1 heterocycles. The molecule has 0 radical (unpaired) electrons. The van der Waals surface area contributed by atoms with Crippen molar-refractivity contribution in [2.24, 2.45) is 0 Å². The number of rotatable bonds is 2. The number of pyridine rings is 1. The van der Waals surface area contributed by atoms with Crippen LogP contribution in [-0.4, -0.2) is 10.8 Å². The number of aromatic nitrogens is 1. The Balaban J connectivity index is 2.59. The molecule has 0 aliphatic heterocycles. The van der Waals surface area contributed by atoms with Crippen LogP contribution >= 0.6 is 23.2 Å². The molecule has 0 atom stereocenters. The van der Waals surface area contributed by atoms with E-state index in [4.69, 9.17) is 23.2 Å². The largest absolute Gasteiger partial charge is 0.287 e. The SMILES string of the molecule is Cc1ccc(F)c(C(=O)c2ncc(Cl)cc2Cl)c1F. The number of aryl methyl sites for hydroxylation is 1. The molecule has 0 fully saturated rings. The molecule has 2 nitrogen and oxygen atoms in total. The molecule has 0 N–H and O–H groups in total. The van der Waals surface area contributed by atoms with Gasteiger partial charge in [-0.05, 0) is 24.6 Å². The van der Waals surface area contributed by atoms with E-state index in [9.17, 15) is 13.6 Å². The summed E-state index contributed by atoms with van der Waals surface area (Å²) in [5, 5.41) is 0.171. The summed E-state index contributed by atoms with van der Waals surface area (Å²) in [5.74, 6) is -2.79. The lowest BCUT2D eigenvalue weighted by Gasteiger charge is -2.07. The lowest BCUT2D eigenvalue weighted by molar-refractivity contribution is 0.102. The van der Waals surface area contributed by atoms with Gasteiger partial charge in [-0.25, -0.2) is 13.8 Å². The van der Waals surface area contributed by atoms with E-state index in [0.29, 0.717) is 0 Å². The van der Waals surface area contributed by atoms with E-state index >= 15 is 0 Å². The number of carbonyl (C=O) groups is 1. The molecule has 0 unspecified atom stereocenters. The van der Waals surface area contributed by atoms with E-state index in [1.165, 1.54) is 25.3 Å². The second-order valence-electron chi connectivity index (χ2n) is 3.87. The topological polar surface area (TPSA) is 30.0 Å². The Hall–Kier alpha value is -1.52. The van der Waals surface area contributed by atoms with Crippen molar-refractivity contribution in [1.82, 2.24) is 4.98 Å². The molecule has 6 heteroatoms. The number of benzene rings is 1. The minimum atomic E-state index is -0.957. The Kier molecular flexibility index (Phi) is 3.83. The zero-order chi connectivity index (χ0) is 14.2. The molecule has 0 saturated carbocycles. The minimum Gasteiger partial charge on any atom is -0.287 e. The van der Waals surface area contributed by atoms with Gasteiger partial charge in [0, 0.05) is 6.20 Å². The van der Waals surface area contributed by atoms with Crippen LogP contribution in [0.3, 0.4) is 0 Å². The van der Waals surface area contributed by atoms with Crippen LogP contribution in [0.25, 0.3) is 0 Å². The summed E-state index contributed by atoms with van der Waals surface area (Å²) in [6.45, 7) is 1.43. The average molecular weight is 302 g/mol. The van der Waals surface area contributed by atoms with Crippen LogP contribution in [0.5, 0.6) is 0 Å². The van der Waals surface area contributed by atoms with Crippen LogP contribution in [0.1, 0.15) is 21.6 Å². The number of ketones is 1. The highest BCUT2D eigenvalue weighted by molar-refractivity contribution is 6.37. The standard InChI is InChI=1S/C13H7Cl2F2NO/c1-6-2-3-9(16)10(11(6)17)13(19)12-8(15)4-7(14)5-18-12/h2-5H,1H3. The Morgan fingerprint density at radius 3 is 2.58 bits per heavy atom. The van der Waals surface area contributed by atoms with Crippen molar-refractivity contribution in [2.45, 2.75) is 6.92 Å². The zero-order valence-corrected chi connectivity index (χ0v) is 11.2. The number of nitrogens with zero attached hydrogens (tertiary/aromatic N) is 1. The second-order valence-corrected chi connectivity index (χ2v) is 4.71. The van der Waals surface area contributed by atoms with E-state index in [1.54, 1.807) is 0 Å². The van der Waals surface area contributed by atoms with Crippen LogP contribution in [0.2, 0.25) is 10.0 Å². The first-order chi connectivity index (χ1) is 8.91. The fourth-order valence-electron chi connectivity index (χ4n) is 1.56. The first-order valence-corrected chi connectivity index (χ1v) is 5.97. The van der Waals surface area contributed by atoms with E-state index in [1.807, 2.05) is 0 Å². The van der Waals surface area contributed by atoms with Crippen molar-refractivity contribution in [3.63, 3.8) is 0 Å². The third kappa shape index (κ3) is 2.60. The van der Waals surface area contributed by atoms with Crippen LogP contribution in [0, 0.1) is 18.6 Å². The van der Waals surface area contributed by atoms with Crippen molar-refractivity contribution in [2.75, 3.05) is 0 Å². The first-order valence-electron chi connectivity index (χ1n) is 5.22. The van der Waals surface area contributed by atoms with Gasteiger partial charge in [-0.3, -0.25) is 4.79 Å². The molecule has 0 bridgehead atoms. The zero-order valence-electron chi connectivity index (χ0n) is 9.68. The smallest absolute Gasteiger partial charge is 0.218 e. The van der Waals surface area contributed by atoms with Crippen molar-refractivity contribution in [1.29, 1.82) is 0 Å². The van der Waals surface area contributed by atoms with Gasteiger partial charge in [0.15, 0.2) is 0 Å². The molecule has 0 saturated heterocycles. The third-order valence-corrected chi connectivity index (χ3v) is 3.03. The van der Waals surface area contributed by atoms with Crippen molar-refractivity contribution < 1.29 is 13.6 Å². The van der Waals surface area contributed by atoms with Crippen LogP contribution in [0.15, 0.2) is 24.4 Å². The molecule has 1 aromatic carbocycles. The molecule has 0 aliphatic carbocycles. The molecule has 2 rings (SSSR count). The van der Waals surface area contributed by atoms with Gasteiger partial charge in [0.1, 0.15) is 17.3 Å². The van der Waals surface area contributed by atoms with E-state index in [0.717, 1.165) is 6.07 Å². The molecular weight excluding hydrogens is 295 g/mol. The molecule has 98 valence electrons. The van der Waals surface area contributed by atoms with E-state index < -0.39 is 23.0 Å². The lowest BCUT2D eigenvalue weighted by Crippen LogP contribution is -2.11. The van der Waals surface area contributed by atoms with Gasteiger partial charge in [0.25, 0.3) is 0 Å². The van der Waals surface area contributed by atoms with E-state index in [-0.39, 0.29) is 21.3 Å². The minimum absolute atomic E-state index is 0.0576. The number of hydrogen-bond acceptors (Lipinski definition) is 2. The van der Waals surface area contributed by atoms with Gasteiger partial charge < -0.3 is 0 Å². The summed E-state index contributed by atoms with van der Waals surface area (Å²) in [4.78, 5) is 15.8. The average Bonchev–Trinajstić information content (AvgIpc) is 2.34. The van der Waals surface area contributed by atoms with Crippen LogP contribution in [-0.2, 0) is 0 Å². The first kappa shape index (κ1) is 13.9. The Morgan fingerprint density at radius 1 is 1.26 bits per heavy atom.